The van der Waals surface area contributed by atoms with E-state index in [1.54, 1.807) is 0 Å². The predicted octanol–water partition coefficient (Wildman–Crippen LogP) is 4.48. The van der Waals surface area contributed by atoms with Crippen molar-refractivity contribution in [1.82, 2.24) is 4.90 Å². The summed E-state index contributed by atoms with van der Waals surface area (Å²) < 4.78 is 0. The Morgan fingerprint density at radius 2 is 1.58 bits per heavy atom. The van der Waals surface area contributed by atoms with Crippen LogP contribution >= 0.6 is 0 Å². The average Bonchev–Trinajstić information content (AvgIpc) is 2.49. The maximum Gasteiger partial charge on any atom is 0.0233 e. The Morgan fingerprint density at radius 1 is 0.842 bits per heavy atom. The van der Waals surface area contributed by atoms with Crippen molar-refractivity contribution in [1.29, 1.82) is 0 Å². The minimum atomic E-state index is 0.984. The lowest BCUT2D eigenvalue weighted by Crippen LogP contribution is -2.38. The number of hydrogen-bond donors (Lipinski definition) is 0. The third kappa shape index (κ3) is 3.60. The first-order chi connectivity index (χ1) is 9.42. The second-order valence-electron chi connectivity index (χ2n) is 6.52. The Labute approximate surface area is 118 Å². The Hall–Kier alpha value is -0.820. The molecule has 1 aromatic carbocycles. The van der Waals surface area contributed by atoms with Gasteiger partial charge in [-0.25, -0.2) is 0 Å². The summed E-state index contributed by atoms with van der Waals surface area (Å²) in [6.07, 6.45) is 10.4. The maximum atomic E-state index is 2.69. The van der Waals surface area contributed by atoms with E-state index in [1.807, 2.05) is 0 Å². The van der Waals surface area contributed by atoms with Gasteiger partial charge in [0.1, 0.15) is 0 Å². The van der Waals surface area contributed by atoms with E-state index in [0.29, 0.717) is 0 Å². The molecule has 0 N–H and O–H groups in total. The average molecular weight is 257 g/mol. The van der Waals surface area contributed by atoms with E-state index < -0.39 is 0 Å². The standard InChI is InChI=1S/C18H27N/c1-3-8-16(9-4-1)14-19-13-7-12-18(15-19)17-10-5-2-6-11-17/h1,3-4,8-9,17-18H,2,5-7,10-15H2. The van der Waals surface area contributed by atoms with Gasteiger partial charge < -0.3 is 0 Å². The van der Waals surface area contributed by atoms with Crippen LogP contribution in [0.4, 0.5) is 0 Å². The molecule has 1 heterocycles. The zero-order valence-corrected chi connectivity index (χ0v) is 12.1. The highest BCUT2D eigenvalue weighted by atomic mass is 15.1. The van der Waals surface area contributed by atoms with Crippen LogP contribution in [0.5, 0.6) is 0 Å². The van der Waals surface area contributed by atoms with Crippen molar-refractivity contribution in [2.45, 2.75) is 51.5 Å². The molecule has 3 rings (SSSR count). The van der Waals surface area contributed by atoms with Crippen LogP contribution in [0.15, 0.2) is 30.3 Å². The molecule has 1 unspecified atom stereocenters. The molecule has 104 valence electrons. The largest absolute Gasteiger partial charge is 0.299 e. The topological polar surface area (TPSA) is 3.24 Å². The van der Waals surface area contributed by atoms with Gasteiger partial charge in [0.05, 0.1) is 0 Å². The minimum Gasteiger partial charge on any atom is -0.299 e. The highest BCUT2D eigenvalue weighted by Crippen LogP contribution is 2.35. The number of piperidine rings is 1. The van der Waals surface area contributed by atoms with Gasteiger partial charge in [0.15, 0.2) is 0 Å². The molecular weight excluding hydrogens is 230 g/mol. The van der Waals surface area contributed by atoms with Crippen molar-refractivity contribution in [2.75, 3.05) is 13.1 Å². The first kappa shape index (κ1) is 13.2. The van der Waals surface area contributed by atoms with Crippen LogP contribution in [0.3, 0.4) is 0 Å². The van der Waals surface area contributed by atoms with Gasteiger partial charge in [-0.05, 0) is 36.8 Å². The van der Waals surface area contributed by atoms with E-state index in [9.17, 15) is 0 Å². The lowest BCUT2D eigenvalue weighted by atomic mass is 9.76. The van der Waals surface area contributed by atoms with Gasteiger partial charge in [0, 0.05) is 13.1 Å². The minimum absolute atomic E-state index is 0.984. The number of hydrogen-bond acceptors (Lipinski definition) is 1. The molecule has 1 aliphatic heterocycles. The van der Waals surface area contributed by atoms with Gasteiger partial charge in [-0.15, -0.1) is 0 Å². The Balaban J connectivity index is 1.55. The van der Waals surface area contributed by atoms with Crippen molar-refractivity contribution in [3.8, 4) is 0 Å². The Kier molecular flexibility index (Phi) is 4.55. The molecule has 2 aliphatic rings. The van der Waals surface area contributed by atoms with E-state index in [2.05, 4.69) is 35.2 Å². The monoisotopic (exact) mass is 257 g/mol. The molecular formula is C18H27N. The first-order valence-electron chi connectivity index (χ1n) is 8.18. The van der Waals surface area contributed by atoms with Crippen molar-refractivity contribution in [2.24, 2.45) is 11.8 Å². The SMILES string of the molecule is c1ccc(CN2CCCC(C3CCCCC3)C2)cc1. The fourth-order valence-electron chi connectivity index (χ4n) is 4.07. The highest BCUT2D eigenvalue weighted by Gasteiger charge is 2.28. The fourth-order valence-corrected chi connectivity index (χ4v) is 4.07. The zero-order chi connectivity index (χ0) is 12.9. The maximum absolute atomic E-state index is 2.69. The van der Waals surface area contributed by atoms with Crippen LogP contribution in [-0.4, -0.2) is 18.0 Å². The van der Waals surface area contributed by atoms with Gasteiger partial charge in [-0.2, -0.15) is 0 Å². The molecule has 1 saturated heterocycles. The van der Waals surface area contributed by atoms with Gasteiger partial charge in [0.2, 0.25) is 0 Å². The molecule has 0 bridgehead atoms. The second-order valence-corrected chi connectivity index (χ2v) is 6.52. The summed E-state index contributed by atoms with van der Waals surface area (Å²) in [7, 11) is 0. The number of benzene rings is 1. The van der Waals surface area contributed by atoms with E-state index in [1.165, 1.54) is 63.6 Å². The predicted molar refractivity (Wildman–Crippen MR) is 81.0 cm³/mol. The lowest BCUT2D eigenvalue weighted by molar-refractivity contribution is 0.110. The van der Waals surface area contributed by atoms with Crippen molar-refractivity contribution in [3.63, 3.8) is 0 Å². The molecule has 0 amide bonds. The van der Waals surface area contributed by atoms with Crippen molar-refractivity contribution < 1.29 is 0 Å². The summed E-state index contributed by atoms with van der Waals surface area (Å²) in [6, 6.07) is 11.0. The van der Waals surface area contributed by atoms with Crippen molar-refractivity contribution >= 4 is 0 Å². The lowest BCUT2D eigenvalue weighted by Gasteiger charge is -2.38. The molecule has 0 aromatic heterocycles. The van der Waals surface area contributed by atoms with Gasteiger partial charge in [0.25, 0.3) is 0 Å². The molecule has 1 aromatic rings. The zero-order valence-electron chi connectivity index (χ0n) is 12.1. The van der Waals surface area contributed by atoms with E-state index in [4.69, 9.17) is 0 Å². The van der Waals surface area contributed by atoms with E-state index in [-0.39, 0.29) is 0 Å². The summed E-state index contributed by atoms with van der Waals surface area (Å²) in [5, 5.41) is 0. The van der Waals surface area contributed by atoms with Gasteiger partial charge >= 0.3 is 0 Å². The molecule has 0 radical (unpaired) electrons. The van der Waals surface area contributed by atoms with Crippen LogP contribution in [0.2, 0.25) is 0 Å². The summed E-state index contributed by atoms with van der Waals surface area (Å²) in [5.74, 6) is 2.02. The molecule has 1 saturated carbocycles. The van der Waals surface area contributed by atoms with Gasteiger partial charge in [-0.3, -0.25) is 4.90 Å². The summed E-state index contributed by atoms with van der Waals surface area (Å²) in [4.78, 5) is 2.69. The van der Waals surface area contributed by atoms with Crippen LogP contribution in [0, 0.1) is 11.8 Å². The molecule has 1 heteroatoms. The summed E-state index contributed by atoms with van der Waals surface area (Å²) in [6.45, 7) is 3.81. The Bertz CT molecular complexity index is 367. The van der Waals surface area contributed by atoms with Gasteiger partial charge in [-0.1, -0.05) is 62.4 Å². The first-order valence-corrected chi connectivity index (χ1v) is 8.18. The number of rotatable bonds is 3. The third-order valence-corrected chi connectivity index (χ3v) is 5.11. The second kappa shape index (κ2) is 6.56. The molecule has 1 aliphatic carbocycles. The molecule has 0 spiro atoms. The van der Waals surface area contributed by atoms with E-state index in [0.717, 1.165) is 18.4 Å². The smallest absolute Gasteiger partial charge is 0.0233 e. The van der Waals surface area contributed by atoms with E-state index >= 15 is 0 Å². The van der Waals surface area contributed by atoms with Crippen LogP contribution in [0.1, 0.15) is 50.5 Å². The molecule has 2 fully saturated rings. The number of likely N-dealkylation sites (tertiary alicyclic amines) is 1. The summed E-state index contributed by atoms with van der Waals surface area (Å²) >= 11 is 0. The van der Waals surface area contributed by atoms with Crippen LogP contribution in [0.25, 0.3) is 0 Å². The Morgan fingerprint density at radius 3 is 2.37 bits per heavy atom. The third-order valence-electron chi connectivity index (χ3n) is 5.11. The number of nitrogens with zero attached hydrogens (tertiary/aromatic N) is 1. The van der Waals surface area contributed by atoms with Crippen LogP contribution < -0.4 is 0 Å². The van der Waals surface area contributed by atoms with Crippen molar-refractivity contribution in [3.05, 3.63) is 35.9 Å². The molecule has 1 atom stereocenters. The summed E-state index contributed by atoms with van der Waals surface area (Å²) in [5.41, 5.74) is 1.48. The molecule has 1 nitrogen and oxygen atoms in total. The highest BCUT2D eigenvalue weighted by molar-refractivity contribution is 5.14. The van der Waals surface area contributed by atoms with Crippen LogP contribution in [-0.2, 0) is 6.54 Å². The quantitative estimate of drug-likeness (QED) is 0.771. The fraction of sp³-hybridized carbons (Fsp3) is 0.667. The normalized spacial score (nSPS) is 26.4. The molecule has 19 heavy (non-hydrogen) atoms.